The van der Waals surface area contributed by atoms with Crippen LogP contribution in [0.2, 0.25) is 10.0 Å². The maximum absolute atomic E-state index is 13.9. The van der Waals surface area contributed by atoms with E-state index in [1.807, 2.05) is 4.57 Å². The van der Waals surface area contributed by atoms with E-state index in [-0.39, 0.29) is 18.0 Å². The van der Waals surface area contributed by atoms with Gasteiger partial charge >= 0.3 is 6.03 Å². The molecule has 3 aromatic rings. The second kappa shape index (κ2) is 8.18. The van der Waals surface area contributed by atoms with Crippen molar-refractivity contribution < 1.29 is 14.3 Å². The summed E-state index contributed by atoms with van der Waals surface area (Å²) in [4.78, 5) is 17.0. The number of rotatable bonds is 3. The first-order valence-electron chi connectivity index (χ1n) is 9.29. The van der Waals surface area contributed by atoms with Crippen LogP contribution in [0, 0.1) is 5.82 Å². The summed E-state index contributed by atoms with van der Waals surface area (Å²) in [5, 5.41) is 16.0. The van der Waals surface area contributed by atoms with Gasteiger partial charge in [-0.15, -0.1) is 0 Å². The van der Waals surface area contributed by atoms with Crippen molar-refractivity contribution in [2.45, 2.75) is 37.8 Å². The number of fused-ring (bicyclic) bond motifs is 1. The molecule has 0 aliphatic heterocycles. The van der Waals surface area contributed by atoms with Gasteiger partial charge in [-0.05, 0) is 62.1 Å². The normalized spacial score (nSPS) is 19.3. The van der Waals surface area contributed by atoms with Crippen LogP contribution in [0.1, 0.15) is 31.7 Å². The number of carbonyl (C=O) groups excluding carboxylic acids is 1. The Kier molecular flexibility index (Phi) is 5.63. The van der Waals surface area contributed by atoms with E-state index >= 15 is 0 Å². The average molecular weight is 437 g/mol. The molecule has 9 heteroatoms. The van der Waals surface area contributed by atoms with Gasteiger partial charge in [0.15, 0.2) is 0 Å². The molecule has 1 saturated carbocycles. The molecule has 0 atom stereocenters. The molecule has 4 rings (SSSR count). The second-order valence-electron chi connectivity index (χ2n) is 7.11. The molecule has 152 valence electrons. The molecule has 6 nitrogen and oxygen atoms in total. The lowest BCUT2D eigenvalue weighted by Gasteiger charge is -2.28. The van der Waals surface area contributed by atoms with Crippen LogP contribution >= 0.6 is 23.2 Å². The number of aliphatic hydroxyl groups is 1. The number of carbonyl (C=O) groups is 1. The van der Waals surface area contributed by atoms with Crippen molar-refractivity contribution in [1.82, 2.24) is 9.55 Å². The van der Waals surface area contributed by atoms with Gasteiger partial charge in [-0.1, -0.05) is 23.2 Å². The van der Waals surface area contributed by atoms with Crippen LogP contribution in [0.5, 0.6) is 0 Å². The van der Waals surface area contributed by atoms with Crippen molar-refractivity contribution in [1.29, 1.82) is 0 Å². The third-order valence-electron chi connectivity index (χ3n) is 5.09. The molecule has 2 amide bonds. The molecule has 0 bridgehead atoms. The smallest absolute Gasteiger partial charge is 0.326 e. The molecule has 0 saturated heterocycles. The van der Waals surface area contributed by atoms with Crippen LogP contribution in [0.25, 0.3) is 11.0 Å². The summed E-state index contributed by atoms with van der Waals surface area (Å²) in [6.07, 6.45) is 2.40. The van der Waals surface area contributed by atoms with E-state index in [0.717, 1.165) is 0 Å². The van der Waals surface area contributed by atoms with E-state index in [0.29, 0.717) is 58.4 Å². The number of nitrogens with one attached hydrogen (secondary N) is 2. The van der Waals surface area contributed by atoms with Crippen molar-refractivity contribution in [2.24, 2.45) is 0 Å². The monoisotopic (exact) mass is 436 g/mol. The first-order valence-corrected chi connectivity index (χ1v) is 10.0. The Bertz CT molecular complexity index is 1060. The average Bonchev–Trinajstić information content (AvgIpc) is 3.02. The van der Waals surface area contributed by atoms with Crippen LogP contribution in [0.4, 0.5) is 20.8 Å². The highest BCUT2D eigenvalue weighted by Crippen LogP contribution is 2.35. The standard InChI is InChI=1S/C20H19Cl2FN4O2/c21-15-7-2-12(10-16(15)22)24-20(29)26-19-25-17-8-1-11(23)9-18(17)27(19)13-3-5-14(28)6-4-13/h1-2,7-10,13-14,28H,3-6H2,(H2,24,25,26,29). The molecule has 0 radical (unpaired) electrons. The van der Waals surface area contributed by atoms with Crippen LogP contribution in [-0.2, 0) is 0 Å². The molecule has 1 heterocycles. The van der Waals surface area contributed by atoms with Crippen LogP contribution in [0.15, 0.2) is 36.4 Å². The zero-order chi connectivity index (χ0) is 20.5. The van der Waals surface area contributed by atoms with E-state index in [9.17, 15) is 14.3 Å². The van der Waals surface area contributed by atoms with E-state index in [1.54, 1.807) is 24.3 Å². The van der Waals surface area contributed by atoms with Gasteiger partial charge in [-0.25, -0.2) is 14.2 Å². The molecular weight excluding hydrogens is 418 g/mol. The number of aromatic nitrogens is 2. The molecule has 2 aromatic carbocycles. The number of hydrogen-bond donors (Lipinski definition) is 3. The molecule has 1 aliphatic carbocycles. The van der Waals surface area contributed by atoms with Crippen molar-refractivity contribution >= 4 is 51.9 Å². The maximum Gasteiger partial charge on any atom is 0.326 e. The number of imidazole rings is 1. The summed E-state index contributed by atoms with van der Waals surface area (Å²) < 4.78 is 15.7. The highest BCUT2D eigenvalue weighted by Gasteiger charge is 2.25. The Balaban J connectivity index is 1.62. The number of hydrogen-bond acceptors (Lipinski definition) is 3. The molecular formula is C20H19Cl2FN4O2. The Morgan fingerprint density at radius 2 is 1.83 bits per heavy atom. The van der Waals surface area contributed by atoms with Gasteiger partial charge in [0.25, 0.3) is 0 Å². The summed E-state index contributed by atoms with van der Waals surface area (Å²) in [5.74, 6) is -0.0501. The van der Waals surface area contributed by atoms with Gasteiger partial charge in [0.2, 0.25) is 5.95 Å². The number of anilines is 2. The number of amides is 2. The molecule has 3 N–H and O–H groups in total. The second-order valence-corrected chi connectivity index (χ2v) is 7.92. The fourth-order valence-corrected chi connectivity index (χ4v) is 3.98. The largest absolute Gasteiger partial charge is 0.393 e. The molecule has 0 spiro atoms. The first kappa shape index (κ1) is 19.9. The zero-order valence-electron chi connectivity index (χ0n) is 15.3. The van der Waals surface area contributed by atoms with Gasteiger partial charge in [0.1, 0.15) is 5.82 Å². The number of halogens is 3. The minimum atomic E-state index is -0.503. The maximum atomic E-state index is 13.9. The lowest BCUT2D eigenvalue weighted by molar-refractivity contribution is 0.112. The predicted octanol–water partition coefficient (Wildman–Crippen LogP) is 5.60. The Morgan fingerprint density at radius 1 is 1.07 bits per heavy atom. The third kappa shape index (κ3) is 4.32. The van der Waals surface area contributed by atoms with E-state index in [1.165, 1.54) is 12.1 Å². The summed E-state index contributed by atoms with van der Waals surface area (Å²) in [6, 6.07) is 8.60. The lowest BCUT2D eigenvalue weighted by Crippen LogP contribution is -2.25. The number of aliphatic hydroxyl groups excluding tert-OH is 1. The van der Waals surface area contributed by atoms with Crippen LogP contribution in [-0.4, -0.2) is 26.8 Å². The summed E-state index contributed by atoms with van der Waals surface area (Å²) in [6.45, 7) is 0. The third-order valence-corrected chi connectivity index (χ3v) is 5.82. The van der Waals surface area contributed by atoms with E-state index < -0.39 is 6.03 Å². The van der Waals surface area contributed by atoms with E-state index in [4.69, 9.17) is 23.2 Å². The van der Waals surface area contributed by atoms with Gasteiger partial charge in [-0.2, -0.15) is 0 Å². The predicted molar refractivity (Wildman–Crippen MR) is 112 cm³/mol. The highest BCUT2D eigenvalue weighted by atomic mass is 35.5. The Labute approximate surface area is 176 Å². The topological polar surface area (TPSA) is 79.2 Å². The van der Waals surface area contributed by atoms with E-state index in [2.05, 4.69) is 15.6 Å². The van der Waals surface area contributed by atoms with Crippen molar-refractivity contribution in [3.63, 3.8) is 0 Å². The van der Waals surface area contributed by atoms with Crippen LogP contribution in [0.3, 0.4) is 0 Å². The lowest BCUT2D eigenvalue weighted by atomic mass is 9.93. The van der Waals surface area contributed by atoms with Crippen molar-refractivity contribution in [3.8, 4) is 0 Å². The molecule has 1 fully saturated rings. The SMILES string of the molecule is O=C(Nc1ccc(Cl)c(Cl)c1)Nc1nc2ccc(F)cc2n1C1CCC(O)CC1. The number of urea groups is 1. The van der Waals surface area contributed by atoms with Gasteiger partial charge < -0.3 is 15.0 Å². The summed E-state index contributed by atoms with van der Waals surface area (Å²) in [5.41, 5.74) is 1.67. The Hall–Kier alpha value is -2.35. The minimum Gasteiger partial charge on any atom is -0.393 e. The van der Waals surface area contributed by atoms with Gasteiger partial charge in [0, 0.05) is 11.7 Å². The highest BCUT2D eigenvalue weighted by molar-refractivity contribution is 6.42. The summed E-state index contributed by atoms with van der Waals surface area (Å²) in [7, 11) is 0. The fraction of sp³-hybridized carbons (Fsp3) is 0.300. The van der Waals surface area contributed by atoms with Gasteiger partial charge in [-0.3, -0.25) is 5.32 Å². The van der Waals surface area contributed by atoms with Crippen molar-refractivity contribution in [2.75, 3.05) is 10.6 Å². The molecule has 1 aromatic heterocycles. The first-order chi connectivity index (χ1) is 13.9. The molecule has 29 heavy (non-hydrogen) atoms. The zero-order valence-corrected chi connectivity index (χ0v) is 16.8. The number of nitrogens with zero attached hydrogens (tertiary/aromatic N) is 2. The van der Waals surface area contributed by atoms with Gasteiger partial charge in [0.05, 0.1) is 27.2 Å². The summed E-state index contributed by atoms with van der Waals surface area (Å²) >= 11 is 11.9. The number of benzene rings is 2. The Morgan fingerprint density at radius 3 is 2.55 bits per heavy atom. The minimum absolute atomic E-state index is 0.00507. The molecule has 0 unspecified atom stereocenters. The fourth-order valence-electron chi connectivity index (χ4n) is 3.68. The van der Waals surface area contributed by atoms with Crippen LogP contribution < -0.4 is 10.6 Å². The quantitative estimate of drug-likeness (QED) is 0.499. The molecule has 1 aliphatic rings. The van der Waals surface area contributed by atoms with Crippen molar-refractivity contribution in [3.05, 3.63) is 52.3 Å².